The second-order valence-electron chi connectivity index (χ2n) is 11.9. The fraction of sp³-hybridized carbons (Fsp3) is 0.459. The van der Waals surface area contributed by atoms with Gasteiger partial charge in [0, 0.05) is 24.0 Å². The van der Waals surface area contributed by atoms with Gasteiger partial charge in [-0.15, -0.1) is 0 Å². The molecule has 5 rings (SSSR count). The minimum atomic E-state index is -0.910. The van der Waals surface area contributed by atoms with Gasteiger partial charge >= 0.3 is 6.03 Å². The predicted molar refractivity (Wildman–Crippen MR) is 187 cm³/mol. The maximum absolute atomic E-state index is 14.3. The summed E-state index contributed by atoms with van der Waals surface area (Å²) in [5.41, 5.74) is 2.02. The molecule has 0 aliphatic carbocycles. The average molecular weight is 678 g/mol. The molecule has 2 saturated heterocycles. The normalized spacial score (nSPS) is 18.8. The molecule has 0 aromatic heterocycles. The first-order valence-electron chi connectivity index (χ1n) is 16.6. The van der Waals surface area contributed by atoms with Gasteiger partial charge in [-0.05, 0) is 53.8 Å². The number of ether oxygens (including phenoxy) is 4. The number of amides is 3. The summed E-state index contributed by atoms with van der Waals surface area (Å²) in [5, 5.41) is 15.3. The van der Waals surface area contributed by atoms with E-state index in [1.54, 1.807) is 14.2 Å². The van der Waals surface area contributed by atoms with E-state index in [2.05, 4.69) is 51.9 Å². The summed E-state index contributed by atoms with van der Waals surface area (Å²) in [6.45, 7) is 2.02. The standard InChI is InChI=1S/C37H47N3O7S/c1-44-30-16-12-28(13-17-30)37(27-8-4-3-5-9-27,29-14-18-31(45-2)19-15-29)40-32-26-48-33(35(32)39-36(40)43)10-6-7-11-34(42)38-20-22-46-24-25-47-23-21-41/h3-5,8-9,12-19,32-33,35,41H,6-7,10-11,20-26H2,1-2H3,(H,38,42)(H,39,43)/t32-,33-,35-/m0/s1. The van der Waals surface area contributed by atoms with E-state index in [0.29, 0.717) is 39.4 Å². The van der Waals surface area contributed by atoms with Crippen LogP contribution in [0.3, 0.4) is 0 Å². The smallest absolute Gasteiger partial charge is 0.319 e. The van der Waals surface area contributed by atoms with Gasteiger partial charge in [0.05, 0.1) is 59.3 Å². The topological polar surface area (TPSA) is 119 Å². The summed E-state index contributed by atoms with van der Waals surface area (Å²) in [4.78, 5) is 28.7. The average Bonchev–Trinajstić information content (AvgIpc) is 3.67. The van der Waals surface area contributed by atoms with Gasteiger partial charge in [0.15, 0.2) is 0 Å². The summed E-state index contributed by atoms with van der Waals surface area (Å²) in [6, 6.07) is 26.1. The van der Waals surface area contributed by atoms with Gasteiger partial charge in [0.25, 0.3) is 0 Å². The lowest BCUT2D eigenvalue weighted by Gasteiger charge is -2.45. The van der Waals surface area contributed by atoms with Crippen molar-refractivity contribution in [3.05, 3.63) is 95.6 Å². The third kappa shape index (κ3) is 8.08. The SMILES string of the molecule is COc1ccc(C(c2ccccc2)(c2ccc(OC)cc2)N2C(=O)N[C@@H]3[C@H](CCCCC(=O)NCCOCCOCCO)SC[C@@H]32)cc1. The molecule has 0 saturated carbocycles. The molecule has 258 valence electrons. The lowest BCUT2D eigenvalue weighted by molar-refractivity contribution is -0.121. The van der Waals surface area contributed by atoms with E-state index in [0.717, 1.165) is 53.2 Å². The number of rotatable bonds is 19. The zero-order valence-electron chi connectivity index (χ0n) is 27.8. The third-order valence-electron chi connectivity index (χ3n) is 9.02. The van der Waals surface area contributed by atoms with Crippen molar-refractivity contribution in [1.82, 2.24) is 15.5 Å². The molecular weight excluding hydrogens is 630 g/mol. The number of nitrogens with zero attached hydrogens (tertiary/aromatic N) is 1. The number of carbonyl (C=O) groups excluding carboxylic acids is 2. The molecule has 0 unspecified atom stereocenters. The maximum Gasteiger partial charge on any atom is 0.319 e. The summed E-state index contributed by atoms with van der Waals surface area (Å²) in [5.74, 6) is 2.32. The third-order valence-corrected chi connectivity index (χ3v) is 10.5. The first-order chi connectivity index (χ1) is 23.5. The Balaban J connectivity index is 1.28. The van der Waals surface area contributed by atoms with Crippen LogP contribution in [-0.4, -0.2) is 98.8 Å². The number of hydrogen-bond donors (Lipinski definition) is 3. The summed E-state index contributed by atoms with van der Waals surface area (Å²) < 4.78 is 21.6. The quantitative estimate of drug-likeness (QED) is 0.0960. The molecule has 3 amide bonds. The highest BCUT2D eigenvalue weighted by Crippen LogP contribution is 2.49. The Morgan fingerprint density at radius 3 is 2.08 bits per heavy atom. The number of hydrogen-bond acceptors (Lipinski definition) is 8. The Kier molecular flexibility index (Phi) is 13.0. The molecule has 0 radical (unpaired) electrons. The number of thioether (sulfide) groups is 1. The molecule has 10 nitrogen and oxygen atoms in total. The van der Waals surface area contributed by atoms with Crippen molar-refractivity contribution >= 4 is 23.7 Å². The molecule has 3 aromatic rings. The number of methoxy groups -OCH3 is 2. The van der Waals surface area contributed by atoms with Crippen LogP contribution < -0.4 is 20.1 Å². The van der Waals surface area contributed by atoms with E-state index < -0.39 is 5.54 Å². The molecule has 3 N–H and O–H groups in total. The van der Waals surface area contributed by atoms with E-state index in [1.807, 2.05) is 54.2 Å². The zero-order chi connectivity index (χ0) is 33.8. The summed E-state index contributed by atoms with van der Waals surface area (Å²) >= 11 is 1.90. The Morgan fingerprint density at radius 1 is 0.875 bits per heavy atom. The molecule has 3 aromatic carbocycles. The van der Waals surface area contributed by atoms with Gasteiger partial charge in [-0.1, -0.05) is 61.0 Å². The lowest BCUT2D eigenvalue weighted by atomic mass is 9.74. The second kappa shape index (κ2) is 17.6. The summed E-state index contributed by atoms with van der Waals surface area (Å²) in [7, 11) is 3.31. The number of benzene rings is 3. The lowest BCUT2D eigenvalue weighted by Crippen LogP contribution is -2.53. The molecule has 3 atom stereocenters. The Morgan fingerprint density at radius 2 is 1.48 bits per heavy atom. The number of urea groups is 1. The van der Waals surface area contributed by atoms with E-state index >= 15 is 0 Å². The van der Waals surface area contributed by atoms with Crippen LogP contribution in [0, 0.1) is 0 Å². The Bertz CT molecular complexity index is 1390. The molecule has 11 heteroatoms. The number of aliphatic hydroxyl groups excluding tert-OH is 1. The van der Waals surface area contributed by atoms with Crippen LogP contribution in [0.25, 0.3) is 0 Å². The van der Waals surface area contributed by atoms with Crippen LogP contribution in [-0.2, 0) is 19.8 Å². The molecular formula is C37H47N3O7S. The molecule has 2 aliphatic rings. The van der Waals surface area contributed by atoms with Gasteiger partial charge in [0.2, 0.25) is 5.91 Å². The molecule has 0 spiro atoms. The van der Waals surface area contributed by atoms with Crippen LogP contribution in [0.15, 0.2) is 78.9 Å². The van der Waals surface area contributed by atoms with E-state index in [4.69, 9.17) is 24.1 Å². The Labute approximate surface area is 287 Å². The monoisotopic (exact) mass is 677 g/mol. The van der Waals surface area contributed by atoms with Crippen LogP contribution in [0.1, 0.15) is 42.4 Å². The number of aliphatic hydroxyl groups is 1. The van der Waals surface area contributed by atoms with Crippen LogP contribution in [0.2, 0.25) is 0 Å². The van der Waals surface area contributed by atoms with E-state index in [1.165, 1.54) is 0 Å². The molecule has 2 fully saturated rings. The van der Waals surface area contributed by atoms with E-state index in [9.17, 15) is 9.59 Å². The van der Waals surface area contributed by atoms with Crippen molar-refractivity contribution in [1.29, 1.82) is 0 Å². The highest BCUT2D eigenvalue weighted by molar-refractivity contribution is 8.00. The minimum absolute atomic E-state index is 0.00601. The van der Waals surface area contributed by atoms with Crippen molar-refractivity contribution in [2.45, 2.75) is 48.6 Å². The molecule has 2 heterocycles. The van der Waals surface area contributed by atoms with Crippen molar-refractivity contribution < 1.29 is 33.6 Å². The van der Waals surface area contributed by atoms with Crippen molar-refractivity contribution in [2.75, 3.05) is 59.6 Å². The minimum Gasteiger partial charge on any atom is -0.497 e. The van der Waals surface area contributed by atoms with Gasteiger partial charge in [0.1, 0.15) is 17.0 Å². The molecule has 0 bridgehead atoms. The van der Waals surface area contributed by atoms with E-state index in [-0.39, 0.29) is 35.9 Å². The largest absolute Gasteiger partial charge is 0.497 e. The number of fused-ring (bicyclic) bond motifs is 1. The summed E-state index contributed by atoms with van der Waals surface area (Å²) in [6.07, 6.45) is 3.03. The number of unbranched alkanes of at least 4 members (excludes halogenated alkanes) is 1. The maximum atomic E-state index is 14.3. The van der Waals surface area contributed by atoms with Crippen LogP contribution in [0.4, 0.5) is 4.79 Å². The second-order valence-corrected chi connectivity index (χ2v) is 13.1. The fourth-order valence-electron chi connectivity index (χ4n) is 6.76. The first kappa shape index (κ1) is 35.5. The van der Waals surface area contributed by atoms with Gasteiger partial charge < -0.3 is 39.6 Å². The molecule has 48 heavy (non-hydrogen) atoms. The van der Waals surface area contributed by atoms with Crippen molar-refractivity contribution in [2.24, 2.45) is 0 Å². The zero-order valence-corrected chi connectivity index (χ0v) is 28.6. The van der Waals surface area contributed by atoms with Gasteiger partial charge in [-0.2, -0.15) is 11.8 Å². The first-order valence-corrected chi connectivity index (χ1v) is 17.7. The highest BCUT2D eigenvalue weighted by atomic mass is 32.2. The highest BCUT2D eigenvalue weighted by Gasteiger charge is 2.57. The van der Waals surface area contributed by atoms with Gasteiger partial charge in [-0.25, -0.2) is 4.79 Å². The van der Waals surface area contributed by atoms with Crippen molar-refractivity contribution in [3.8, 4) is 11.5 Å². The van der Waals surface area contributed by atoms with Crippen LogP contribution >= 0.6 is 11.8 Å². The van der Waals surface area contributed by atoms with Gasteiger partial charge in [-0.3, -0.25) is 4.79 Å². The number of carbonyl (C=O) groups is 2. The molecule has 2 aliphatic heterocycles. The Hall–Kier alpha value is -3.77. The number of nitrogens with one attached hydrogen (secondary N) is 2. The van der Waals surface area contributed by atoms with Crippen molar-refractivity contribution in [3.63, 3.8) is 0 Å². The predicted octanol–water partition coefficient (Wildman–Crippen LogP) is 4.58. The van der Waals surface area contributed by atoms with Crippen LogP contribution in [0.5, 0.6) is 11.5 Å². The fourth-order valence-corrected chi connectivity index (χ4v) is 8.35.